The van der Waals surface area contributed by atoms with Crippen molar-refractivity contribution >= 4 is 23.7 Å². The van der Waals surface area contributed by atoms with Crippen molar-refractivity contribution in [3.05, 3.63) is 90.0 Å². The van der Waals surface area contributed by atoms with Crippen molar-refractivity contribution in [1.29, 1.82) is 0 Å². The largest absolute Gasteiger partial charge is 0.493 e. The second-order valence-corrected chi connectivity index (χ2v) is 8.01. The van der Waals surface area contributed by atoms with Crippen molar-refractivity contribution in [1.82, 2.24) is 5.43 Å². The Labute approximate surface area is 222 Å². The number of rotatable bonds is 13. The first-order valence-corrected chi connectivity index (χ1v) is 11.9. The first-order valence-electron chi connectivity index (χ1n) is 11.9. The van der Waals surface area contributed by atoms with Gasteiger partial charge in [-0.1, -0.05) is 24.8 Å². The van der Waals surface area contributed by atoms with Crippen LogP contribution in [0.4, 0.5) is 5.69 Å². The highest BCUT2D eigenvalue weighted by Crippen LogP contribution is 2.29. The summed E-state index contributed by atoms with van der Waals surface area (Å²) in [6.45, 7) is 7.95. The molecular weight excluding hydrogens is 486 g/mol. The molecule has 198 valence electrons. The van der Waals surface area contributed by atoms with Gasteiger partial charge in [-0.15, -0.1) is 0 Å². The summed E-state index contributed by atoms with van der Waals surface area (Å²) in [5.41, 5.74) is 5.25. The zero-order valence-electron chi connectivity index (χ0n) is 21.7. The van der Waals surface area contributed by atoms with Gasteiger partial charge < -0.3 is 24.3 Å². The molecule has 0 aliphatic carbocycles. The maximum atomic E-state index is 12.5. The molecule has 0 fully saturated rings. The number of anilines is 1. The lowest BCUT2D eigenvalue weighted by molar-refractivity contribution is -0.118. The van der Waals surface area contributed by atoms with Crippen molar-refractivity contribution in [2.24, 2.45) is 5.10 Å². The predicted molar refractivity (Wildman–Crippen MR) is 147 cm³/mol. The summed E-state index contributed by atoms with van der Waals surface area (Å²) in [5.74, 6) is 1.09. The summed E-state index contributed by atoms with van der Waals surface area (Å²) < 4.78 is 22.2. The van der Waals surface area contributed by atoms with E-state index in [0.29, 0.717) is 53.0 Å². The number of ether oxygens (including phenoxy) is 4. The summed E-state index contributed by atoms with van der Waals surface area (Å²) in [7, 11) is 1.50. The van der Waals surface area contributed by atoms with Gasteiger partial charge in [-0.05, 0) is 73.5 Å². The topological polar surface area (TPSA) is 107 Å². The molecule has 0 saturated heterocycles. The number of benzene rings is 3. The van der Waals surface area contributed by atoms with Crippen LogP contribution < -0.4 is 29.7 Å². The first kappa shape index (κ1) is 27.8. The molecule has 0 saturated carbocycles. The molecule has 0 atom stereocenters. The molecule has 3 aromatic carbocycles. The number of nitrogens with zero attached hydrogens (tertiary/aromatic N) is 1. The van der Waals surface area contributed by atoms with Crippen LogP contribution in [0.15, 0.2) is 78.4 Å². The van der Waals surface area contributed by atoms with Crippen molar-refractivity contribution in [3.63, 3.8) is 0 Å². The lowest BCUT2D eigenvalue weighted by atomic mass is 10.2. The van der Waals surface area contributed by atoms with E-state index in [4.69, 9.17) is 18.9 Å². The molecule has 0 aromatic heterocycles. The van der Waals surface area contributed by atoms with Gasteiger partial charge in [0.05, 0.1) is 19.9 Å². The van der Waals surface area contributed by atoms with Gasteiger partial charge in [0, 0.05) is 11.3 Å². The highest BCUT2D eigenvalue weighted by Gasteiger charge is 2.12. The summed E-state index contributed by atoms with van der Waals surface area (Å²) in [4.78, 5) is 24.8. The summed E-state index contributed by atoms with van der Waals surface area (Å²) >= 11 is 0. The third kappa shape index (κ3) is 8.12. The minimum atomic E-state index is -0.417. The van der Waals surface area contributed by atoms with E-state index in [1.54, 1.807) is 42.5 Å². The lowest BCUT2D eigenvalue weighted by Gasteiger charge is -2.13. The molecule has 0 spiro atoms. The Morgan fingerprint density at radius 2 is 1.74 bits per heavy atom. The fourth-order valence-electron chi connectivity index (χ4n) is 3.36. The molecule has 38 heavy (non-hydrogen) atoms. The van der Waals surface area contributed by atoms with Gasteiger partial charge in [0.25, 0.3) is 11.8 Å². The summed E-state index contributed by atoms with van der Waals surface area (Å²) in [6.07, 6.45) is 3.10. The Morgan fingerprint density at radius 3 is 2.47 bits per heavy atom. The lowest BCUT2D eigenvalue weighted by Crippen LogP contribution is -2.20. The van der Waals surface area contributed by atoms with Crippen LogP contribution in [-0.2, 0) is 4.79 Å². The number of carbonyl (C=O) groups excluding carboxylic acids is 2. The van der Waals surface area contributed by atoms with Gasteiger partial charge >= 0.3 is 0 Å². The molecule has 0 aliphatic rings. The van der Waals surface area contributed by atoms with Crippen LogP contribution in [-0.4, -0.2) is 45.0 Å². The number of hydrogen-bond donors (Lipinski definition) is 2. The third-order valence-corrected chi connectivity index (χ3v) is 5.09. The van der Waals surface area contributed by atoms with Crippen LogP contribution in [0.1, 0.15) is 28.4 Å². The van der Waals surface area contributed by atoms with E-state index in [2.05, 4.69) is 22.4 Å². The number of carbonyl (C=O) groups is 2. The normalized spacial score (nSPS) is 10.5. The zero-order valence-corrected chi connectivity index (χ0v) is 21.7. The Kier molecular flexibility index (Phi) is 10.3. The van der Waals surface area contributed by atoms with Crippen LogP contribution in [0.25, 0.3) is 0 Å². The van der Waals surface area contributed by atoms with Crippen molar-refractivity contribution in [3.8, 4) is 23.0 Å². The van der Waals surface area contributed by atoms with Crippen LogP contribution in [0.5, 0.6) is 23.0 Å². The molecule has 0 heterocycles. The highest BCUT2D eigenvalue weighted by molar-refractivity contribution is 5.95. The number of hydrogen-bond acceptors (Lipinski definition) is 7. The van der Waals surface area contributed by atoms with Gasteiger partial charge in [-0.25, -0.2) is 5.43 Å². The fourth-order valence-corrected chi connectivity index (χ4v) is 3.36. The number of aryl methyl sites for hydroxylation is 1. The third-order valence-electron chi connectivity index (χ3n) is 5.09. The smallest absolute Gasteiger partial charge is 0.271 e. The van der Waals surface area contributed by atoms with Gasteiger partial charge in [-0.2, -0.15) is 5.10 Å². The average Bonchev–Trinajstić information content (AvgIpc) is 2.91. The molecule has 3 aromatic rings. The minimum absolute atomic E-state index is 0.182. The molecule has 9 nitrogen and oxygen atoms in total. The number of methoxy groups -OCH3 is 1. The van der Waals surface area contributed by atoms with E-state index in [-0.39, 0.29) is 12.5 Å². The molecule has 0 aliphatic heterocycles. The molecule has 2 N–H and O–H groups in total. The predicted octanol–water partition coefficient (Wildman–Crippen LogP) is 4.75. The summed E-state index contributed by atoms with van der Waals surface area (Å²) in [6, 6.07) is 17.5. The maximum absolute atomic E-state index is 12.5. The van der Waals surface area contributed by atoms with E-state index >= 15 is 0 Å². The van der Waals surface area contributed by atoms with Crippen LogP contribution in [0.3, 0.4) is 0 Å². The van der Waals surface area contributed by atoms with E-state index in [1.807, 2.05) is 38.1 Å². The Hall–Kier alpha value is -4.79. The number of nitrogens with one attached hydrogen (secondary N) is 2. The molecule has 0 bridgehead atoms. The minimum Gasteiger partial charge on any atom is -0.493 e. The summed E-state index contributed by atoms with van der Waals surface area (Å²) in [5, 5.41) is 6.84. The van der Waals surface area contributed by atoms with Gasteiger partial charge in [0.15, 0.2) is 29.6 Å². The van der Waals surface area contributed by atoms with Gasteiger partial charge in [0.1, 0.15) is 6.61 Å². The average molecular weight is 518 g/mol. The molecular formula is C29H31N3O6. The first-order chi connectivity index (χ1) is 18.4. The van der Waals surface area contributed by atoms with Gasteiger partial charge in [0.2, 0.25) is 0 Å². The molecule has 9 heteroatoms. The van der Waals surface area contributed by atoms with E-state index in [1.165, 1.54) is 13.3 Å². The van der Waals surface area contributed by atoms with E-state index in [9.17, 15) is 9.59 Å². The molecule has 0 radical (unpaired) electrons. The Bertz CT molecular complexity index is 1310. The monoisotopic (exact) mass is 517 g/mol. The molecule has 3 rings (SSSR count). The number of amides is 2. The second-order valence-electron chi connectivity index (χ2n) is 8.01. The Morgan fingerprint density at radius 1 is 0.947 bits per heavy atom. The van der Waals surface area contributed by atoms with Crippen molar-refractivity contribution in [2.45, 2.75) is 13.8 Å². The fraction of sp³-hybridized carbons (Fsp3) is 0.207. The van der Waals surface area contributed by atoms with E-state index in [0.717, 1.165) is 5.56 Å². The highest BCUT2D eigenvalue weighted by atomic mass is 16.5. The quantitative estimate of drug-likeness (QED) is 0.193. The van der Waals surface area contributed by atoms with E-state index < -0.39 is 5.91 Å². The van der Waals surface area contributed by atoms with Crippen LogP contribution in [0.2, 0.25) is 0 Å². The number of hydrazone groups is 1. The molecule has 0 unspecified atom stereocenters. The molecule has 2 amide bonds. The maximum Gasteiger partial charge on any atom is 0.271 e. The van der Waals surface area contributed by atoms with Crippen LogP contribution >= 0.6 is 0 Å². The van der Waals surface area contributed by atoms with Crippen molar-refractivity contribution < 1.29 is 28.5 Å². The second kappa shape index (κ2) is 14.1. The van der Waals surface area contributed by atoms with Crippen molar-refractivity contribution in [2.75, 3.05) is 32.2 Å². The standard InChI is InChI=1S/C29H31N3O6/c1-5-14-37-24-13-11-22(17-26(24)35-4)29(34)32-30-18-21-10-12-25(27(16-21)36-6-2)38-19-28(33)31-23-9-7-8-20(3)15-23/h5,7-13,15-18H,1,6,14,19H2,2-4H3,(H,31,33)(H,32,34)/b30-18+. The Balaban J connectivity index is 1.61. The SMILES string of the molecule is C=CCOc1ccc(C(=O)N/N=C/c2ccc(OCC(=O)Nc3cccc(C)c3)c(OCC)c2)cc1OC. The zero-order chi connectivity index (χ0) is 27.3. The van der Waals surface area contributed by atoms with Gasteiger partial charge in [-0.3, -0.25) is 9.59 Å². The van der Waals surface area contributed by atoms with Crippen LogP contribution in [0, 0.1) is 6.92 Å².